The van der Waals surface area contributed by atoms with Crippen LogP contribution in [-0.2, 0) is 28.9 Å². The number of ether oxygens (including phenoxy) is 1. The van der Waals surface area contributed by atoms with E-state index >= 15 is 0 Å². The number of amides is 1. The lowest BCUT2D eigenvalue weighted by molar-refractivity contribution is -1.01. The van der Waals surface area contributed by atoms with Gasteiger partial charge in [0.25, 0.3) is 5.91 Å². The Morgan fingerprint density at radius 2 is 1.81 bits per heavy atom. The number of piperazine rings is 1. The van der Waals surface area contributed by atoms with Crippen LogP contribution in [-0.4, -0.2) is 51.2 Å². The van der Waals surface area contributed by atoms with Crippen molar-refractivity contribution in [3.63, 3.8) is 0 Å². The van der Waals surface area contributed by atoms with Gasteiger partial charge in [0.05, 0.1) is 12.2 Å². The average molecular weight is 508 g/mol. The zero-order valence-electron chi connectivity index (χ0n) is 21.3. The number of hydrogen-bond acceptors (Lipinski definition) is 4. The Morgan fingerprint density at radius 3 is 2.61 bits per heavy atom. The number of thiophene rings is 1. The third kappa shape index (κ3) is 5.48. The Morgan fingerprint density at radius 1 is 1.06 bits per heavy atom. The molecule has 1 unspecified atom stereocenters. The highest BCUT2D eigenvalue weighted by atomic mass is 32.1. The van der Waals surface area contributed by atoms with Crippen LogP contribution in [0, 0.1) is 5.92 Å². The number of esters is 1. The Labute approximate surface area is 217 Å². The first-order chi connectivity index (χ1) is 17.5. The highest BCUT2D eigenvalue weighted by Crippen LogP contribution is 2.40. The van der Waals surface area contributed by atoms with Crippen molar-refractivity contribution in [3.8, 4) is 0 Å². The van der Waals surface area contributed by atoms with E-state index < -0.39 is 0 Å². The fourth-order valence-electron chi connectivity index (χ4n) is 5.68. The minimum Gasteiger partial charge on any atom is -0.462 e. The van der Waals surface area contributed by atoms with E-state index in [0.29, 0.717) is 29.6 Å². The minimum atomic E-state index is -0.308. The smallest absolute Gasteiger partial charge is 0.341 e. The lowest BCUT2D eigenvalue weighted by atomic mass is 9.88. The maximum atomic E-state index is 13.0. The van der Waals surface area contributed by atoms with E-state index in [9.17, 15) is 9.59 Å². The maximum Gasteiger partial charge on any atom is 0.341 e. The first-order valence-corrected chi connectivity index (χ1v) is 14.1. The first-order valence-electron chi connectivity index (χ1n) is 13.3. The number of fused-ring (bicyclic) bond motifs is 2. The molecule has 1 aromatic heterocycles. The van der Waals surface area contributed by atoms with E-state index in [4.69, 9.17) is 4.74 Å². The normalized spacial score (nSPS) is 21.7. The second-order valence-electron chi connectivity index (χ2n) is 10.3. The molecule has 1 aliphatic carbocycles. The molecule has 1 fully saturated rings. The van der Waals surface area contributed by atoms with Crippen LogP contribution >= 0.6 is 11.3 Å². The molecule has 3 N–H and O–H groups in total. The third-order valence-corrected chi connectivity index (χ3v) is 8.81. The molecule has 0 saturated carbocycles. The molecule has 3 aromatic rings. The van der Waals surface area contributed by atoms with E-state index in [2.05, 4.69) is 54.7 Å². The molecule has 1 amide bonds. The number of benzene rings is 2. The Balaban J connectivity index is 1.19. The van der Waals surface area contributed by atoms with Gasteiger partial charge in [0.15, 0.2) is 6.54 Å². The van der Waals surface area contributed by atoms with Gasteiger partial charge in [0, 0.05) is 10.4 Å². The van der Waals surface area contributed by atoms with Crippen LogP contribution in [0.15, 0.2) is 42.5 Å². The molecule has 7 heteroatoms. The predicted molar refractivity (Wildman–Crippen MR) is 144 cm³/mol. The van der Waals surface area contributed by atoms with Crippen molar-refractivity contribution in [1.82, 2.24) is 0 Å². The molecule has 2 aliphatic rings. The second kappa shape index (κ2) is 11.1. The van der Waals surface area contributed by atoms with Crippen LogP contribution < -0.4 is 15.1 Å². The first kappa shape index (κ1) is 24.9. The van der Waals surface area contributed by atoms with Gasteiger partial charge >= 0.3 is 5.97 Å². The number of rotatable bonds is 7. The summed E-state index contributed by atoms with van der Waals surface area (Å²) in [5, 5.41) is 6.40. The average Bonchev–Trinajstić information content (AvgIpc) is 3.22. The van der Waals surface area contributed by atoms with Gasteiger partial charge in [-0.15, -0.1) is 11.3 Å². The summed E-state index contributed by atoms with van der Waals surface area (Å²) in [6.45, 7) is 9.89. The molecule has 36 heavy (non-hydrogen) atoms. The lowest BCUT2D eigenvalue weighted by Gasteiger charge is -2.29. The fraction of sp³-hybridized carbons (Fsp3) is 0.448. The largest absolute Gasteiger partial charge is 0.462 e. The van der Waals surface area contributed by atoms with Crippen LogP contribution in [0.25, 0.3) is 10.8 Å². The number of nitrogens with one attached hydrogen (secondary N) is 3. The van der Waals surface area contributed by atoms with Gasteiger partial charge in [-0.2, -0.15) is 0 Å². The van der Waals surface area contributed by atoms with Gasteiger partial charge in [-0.05, 0) is 48.4 Å². The molecule has 1 saturated heterocycles. The third-order valence-electron chi connectivity index (χ3n) is 7.64. The molecule has 1 atom stereocenters. The van der Waals surface area contributed by atoms with Crippen LogP contribution in [0.4, 0.5) is 5.00 Å². The number of carbonyl (C=O) groups excluding carboxylic acids is 2. The van der Waals surface area contributed by atoms with Crippen molar-refractivity contribution in [2.75, 3.05) is 44.6 Å². The number of hydrogen-bond donors (Lipinski definition) is 3. The highest BCUT2D eigenvalue weighted by Gasteiger charge is 2.30. The zero-order chi connectivity index (χ0) is 25.1. The molecule has 0 bridgehead atoms. The minimum absolute atomic E-state index is 0.0142. The monoisotopic (exact) mass is 507 g/mol. The molecule has 2 heterocycles. The van der Waals surface area contributed by atoms with Crippen molar-refractivity contribution < 1.29 is 24.1 Å². The maximum absolute atomic E-state index is 13.0. The summed E-state index contributed by atoms with van der Waals surface area (Å²) in [7, 11) is 0. The van der Waals surface area contributed by atoms with Gasteiger partial charge in [-0.25, -0.2) is 4.79 Å². The molecule has 2 aromatic carbocycles. The van der Waals surface area contributed by atoms with Crippen LogP contribution in [0.2, 0.25) is 0 Å². The molecular formula is C29H37N3O3S+2. The Kier molecular flexibility index (Phi) is 7.70. The molecule has 6 nitrogen and oxygen atoms in total. The second-order valence-corrected chi connectivity index (χ2v) is 11.4. The Hall–Kier alpha value is -2.74. The quantitative estimate of drug-likeness (QED) is 0.430. The van der Waals surface area contributed by atoms with Crippen molar-refractivity contribution in [2.24, 2.45) is 5.92 Å². The molecule has 5 rings (SSSR count). The molecule has 1 aliphatic heterocycles. The summed E-state index contributed by atoms with van der Waals surface area (Å²) in [6.07, 6.45) is 2.91. The summed E-state index contributed by atoms with van der Waals surface area (Å²) in [5.41, 5.74) is 3.08. The van der Waals surface area contributed by atoms with Gasteiger partial charge < -0.3 is 19.9 Å². The predicted octanol–water partition coefficient (Wildman–Crippen LogP) is 2.12. The summed E-state index contributed by atoms with van der Waals surface area (Å²) in [4.78, 5) is 29.9. The summed E-state index contributed by atoms with van der Waals surface area (Å²) >= 11 is 1.57. The number of anilines is 1. The standard InChI is InChI=1S/C29H35N3O3S/c1-3-35-29(34)27-24-12-11-20(2)17-25(24)36-28(27)30-26(33)19-32-15-13-31(14-16-32)18-22-9-6-8-21-7-4-5-10-23(21)22/h4-10,20H,3,11-19H2,1-2H3,(H,30,33)/p+2. The van der Waals surface area contributed by atoms with Crippen molar-refractivity contribution in [3.05, 3.63) is 64.0 Å². The van der Waals surface area contributed by atoms with Gasteiger partial charge in [0.1, 0.15) is 37.7 Å². The fourth-order valence-corrected chi connectivity index (χ4v) is 7.10. The van der Waals surface area contributed by atoms with Crippen LogP contribution in [0.3, 0.4) is 0 Å². The van der Waals surface area contributed by atoms with E-state index in [1.54, 1.807) is 16.2 Å². The van der Waals surface area contributed by atoms with Gasteiger partial charge in [-0.1, -0.05) is 49.4 Å². The lowest BCUT2D eigenvalue weighted by Crippen LogP contribution is -3.28. The molecule has 190 valence electrons. The van der Waals surface area contributed by atoms with Gasteiger partial charge in [0.2, 0.25) is 0 Å². The number of quaternary nitrogens is 2. The molecular weight excluding hydrogens is 470 g/mol. The topological polar surface area (TPSA) is 64.3 Å². The summed E-state index contributed by atoms with van der Waals surface area (Å²) < 4.78 is 5.35. The van der Waals surface area contributed by atoms with Crippen molar-refractivity contribution in [2.45, 2.75) is 39.7 Å². The number of carbonyl (C=O) groups is 2. The highest BCUT2D eigenvalue weighted by molar-refractivity contribution is 7.17. The molecule has 0 spiro atoms. The van der Waals surface area contributed by atoms with E-state index in [1.165, 1.54) is 26.1 Å². The summed E-state index contributed by atoms with van der Waals surface area (Å²) in [5.74, 6) is 0.282. The Bertz CT molecular complexity index is 1240. The van der Waals surface area contributed by atoms with E-state index in [1.807, 2.05) is 6.92 Å². The van der Waals surface area contributed by atoms with Crippen molar-refractivity contribution in [1.29, 1.82) is 0 Å². The van der Waals surface area contributed by atoms with E-state index in [0.717, 1.165) is 57.5 Å². The van der Waals surface area contributed by atoms with Crippen LogP contribution in [0.1, 0.15) is 46.6 Å². The zero-order valence-corrected chi connectivity index (χ0v) is 22.1. The van der Waals surface area contributed by atoms with Crippen molar-refractivity contribution >= 4 is 39.0 Å². The van der Waals surface area contributed by atoms with Gasteiger partial charge in [-0.3, -0.25) is 4.79 Å². The summed E-state index contributed by atoms with van der Waals surface area (Å²) in [6, 6.07) is 15.2. The van der Waals surface area contributed by atoms with Crippen LogP contribution in [0.5, 0.6) is 0 Å². The molecule has 0 radical (unpaired) electrons. The SMILES string of the molecule is CCOC(=O)c1c(NC(=O)C[NH+]2CC[NH+](Cc3cccc4ccccc34)CC2)sc2c1CCC(C)C2. The van der Waals surface area contributed by atoms with E-state index in [-0.39, 0.29) is 11.9 Å².